The van der Waals surface area contributed by atoms with Crippen molar-refractivity contribution in [3.8, 4) is 0 Å². The van der Waals surface area contributed by atoms with E-state index in [1.807, 2.05) is 15.7 Å². The Hall–Kier alpha value is -2.86. The van der Waals surface area contributed by atoms with E-state index in [-0.39, 0.29) is 24.8 Å². The summed E-state index contributed by atoms with van der Waals surface area (Å²) in [5.74, 6) is 0. The summed E-state index contributed by atoms with van der Waals surface area (Å²) in [4.78, 5) is 13.1. The SMILES string of the molecule is Cl.Cl.c1ccc(CN2CCN(Cc3ccccc3)C(Cn3cncn3)C2)cc1.c1ncn(CC2CNCCN2)n1. The van der Waals surface area contributed by atoms with E-state index >= 15 is 0 Å². The maximum Gasteiger partial charge on any atom is 0.137 e. The summed E-state index contributed by atoms with van der Waals surface area (Å²) >= 11 is 0. The third-order valence-corrected chi connectivity index (χ3v) is 7.03. The van der Waals surface area contributed by atoms with Crippen LogP contribution < -0.4 is 10.6 Å². The quantitative estimate of drug-likeness (QED) is 0.325. The van der Waals surface area contributed by atoms with Crippen LogP contribution in [0.1, 0.15) is 11.1 Å². The van der Waals surface area contributed by atoms with E-state index in [1.54, 1.807) is 19.0 Å². The summed E-state index contributed by atoms with van der Waals surface area (Å²) in [7, 11) is 0. The number of benzene rings is 2. The van der Waals surface area contributed by atoms with Crippen LogP contribution in [0.3, 0.4) is 0 Å². The number of rotatable bonds is 8. The fourth-order valence-corrected chi connectivity index (χ4v) is 5.08. The van der Waals surface area contributed by atoms with Gasteiger partial charge in [-0.15, -0.1) is 24.8 Å². The summed E-state index contributed by atoms with van der Waals surface area (Å²) in [6, 6.07) is 22.4. The molecule has 2 saturated heterocycles. The highest BCUT2D eigenvalue weighted by Gasteiger charge is 2.27. The van der Waals surface area contributed by atoms with Gasteiger partial charge in [0.25, 0.3) is 0 Å². The number of aromatic nitrogens is 6. The molecule has 0 radical (unpaired) electrons. The Morgan fingerprint density at radius 1 is 0.725 bits per heavy atom. The summed E-state index contributed by atoms with van der Waals surface area (Å²) in [6.07, 6.45) is 6.75. The Morgan fingerprint density at radius 3 is 1.93 bits per heavy atom. The van der Waals surface area contributed by atoms with Gasteiger partial charge in [0, 0.05) is 64.4 Å². The van der Waals surface area contributed by atoms with Crippen molar-refractivity contribution in [3.05, 3.63) is 97.1 Å². The molecule has 2 aromatic heterocycles. The number of nitrogens with one attached hydrogen (secondary N) is 2. The third-order valence-electron chi connectivity index (χ3n) is 7.03. The molecule has 0 aliphatic carbocycles. The van der Waals surface area contributed by atoms with Crippen molar-refractivity contribution in [2.75, 3.05) is 39.3 Å². The van der Waals surface area contributed by atoms with Gasteiger partial charge >= 0.3 is 0 Å². The zero-order valence-corrected chi connectivity index (χ0v) is 24.3. The molecule has 6 rings (SSSR count). The van der Waals surface area contributed by atoms with Crippen LogP contribution in [0, 0.1) is 0 Å². The molecule has 2 unspecified atom stereocenters. The van der Waals surface area contributed by atoms with Gasteiger partial charge in [-0.1, -0.05) is 60.7 Å². The monoisotopic (exact) mass is 586 g/mol. The number of nitrogens with zero attached hydrogens (tertiary/aromatic N) is 8. The highest BCUT2D eigenvalue weighted by molar-refractivity contribution is 5.85. The van der Waals surface area contributed by atoms with Crippen molar-refractivity contribution < 1.29 is 0 Å². The molecule has 4 heterocycles. The Kier molecular flexibility index (Phi) is 13.5. The van der Waals surface area contributed by atoms with E-state index in [9.17, 15) is 0 Å². The predicted octanol–water partition coefficient (Wildman–Crippen LogP) is 2.35. The van der Waals surface area contributed by atoms with Crippen LogP contribution in [0.5, 0.6) is 0 Å². The Morgan fingerprint density at radius 2 is 1.35 bits per heavy atom. The van der Waals surface area contributed by atoms with Crippen molar-refractivity contribution in [1.29, 1.82) is 0 Å². The van der Waals surface area contributed by atoms with E-state index in [2.05, 4.69) is 101 Å². The number of halogens is 2. The summed E-state index contributed by atoms with van der Waals surface area (Å²) < 4.78 is 3.80. The van der Waals surface area contributed by atoms with Gasteiger partial charge in [0.1, 0.15) is 25.3 Å². The Balaban J connectivity index is 0.000000266. The van der Waals surface area contributed by atoms with Crippen molar-refractivity contribution in [2.24, 2.45) is 0 Å². The molecule has 10 nitrogen and oxygen atoms in total. The van der Waals surface area contributed by atoms with Gasteiger partial charge in [-0.25, -0.2) is 9.97 Å². The van der Waals surface area contributed by atoms with Crippen molar-refractivity contribution in [2.45, 2.75) is 38.3 Å². The first-order valence-electron chi connectivity index (χ1n) is 13.4. The first kappa shape index (κ1) is 31.7. The van der Waals surface area contributed by atoms with Crippen LogP contribution in [-0.4, -0.2) is 90.7 Å². The summed E-state index contributed by atoms with van der Waals surface area (Å²) in [5.41, 5.74) is 2.75. The van der Waals surface area contributed by atoms with Crippen molar-refractivity contribution in [1.82, 2.24) is 50.0 Å². The van der Waals surface area contributed by atoms with Crippen LogP contribution in [0.25, 0.3) is 0 Å². The fourth-order valence-electron chi connectivity index (χ4n) is 5.08. The van der Waals surface area contributed by atoms with Gasteiger partial charge in [0.05, 0.1) is 13.1 Å². The van der Waals surface area contributed by atoms with Crippen molar-refractivity contribution >= 4 is 24.8 Å². The molecule has 4 aromatic rings. The summed E-state index contributed by atoms with van der Waals surface area (Å²) in [6.45, 7) is 10.1. The van der Waals surface area contributed by atoms with Gasteiger partial charge in [-0.3, -0.25) is 19.2 Å². The van der Waals surface area contributed by atoms with E-state index in [0.29, 0.717) is 12.1 Å². The molecule has 216 valence electrons. The third kappa shape index (κ3) is 9.96. The molecule has 2 aromatic carbocycles. The lowest BCUT2D eigenvalue weighted by Gasteiger charge is -2.41. The lowest BCUT2D eigenvalue weighted by atomic mass is 10.1. The minimum Gasteiger partial charge on any atom is -0.314 e. The molecule has 0 saturated carbocycles. The number of hydrogen-bond acceptors (Lipinski definition) is 8. The number of piperazine rings is 2. The number of hydrogen-bond donors (Lipinski definition) is 2. The molecule has 2 aliphatic rings. The average molecular weight is 588 g/mol. The maximum absolute atomic E-state index is 4.32. The average Bonchev–Trinajstić information content (AvgIpc) is 3.67. The van der Waals surface area contributed by atoms with Crippen LogP contribution in [0.2, 0.25) is 0 Å². The van der Waals surface area contributed by atoms with Crippen LogP contribution in [0.15, 0.2) is 86.0 Å². The van der Waals surface area contributed by atoms with Crippen LogP contribution in [-0.2, 0) is 26.2 Å². The zero-order chi connectivity index (χ0) is 25.8. The molecular weight excluding hydrogens is 547 g/mol. The molecule has 0 bridgehead atoms. The topological polar surface area (TPSA) is 92.0 Å². The standard InChI is InChI=1S/C21H25N5.C7H13N5.2ClH/c1-3-7-19(8-4-1)13-24-11-12-25(14-20-9-5-2-6-10-20)21(15-24)16-26-18-22-17-23-26;1-2-10-7(3-8-1)4-12-6-9-5-11-12;;/h1-10,17-18,21H,11-16H2;5-8,10H,1-4H2;2*1H. The molecule has 40 heavy (non-hydrogen) atoms. The van der Waals surface area contributed by atoms with Gasteiger partial charge in [0.15, 0.2) is 0 Å². The zero-order valence-electron chi connectivity index (χ0n) is 22.7. The molecule has 2 N–H and O–H groups in total. The molecule has 2 aliphatic heterocycles. The van der Waals surface area contributed by atoms with Gasteiger partial charge < -0.3 is 10.6 Å². The highest BCUT2D eigenvalue weighted by Crippen LogP contribution is 2.17. The molecule has 2 fully saturated rings. The normalized spacial score (nSPS) is 19.5. The molecular formula is C28H40Cl2N10. The second kappa shape index (κ2) is 17.1. The highest BCUT2D eigenvalue weighted by atomic mass is 35.5. The fraction of sp³-hybridized carbons (Fsp3) is 0.429. The lowest BCUT2D eigenvalue weighted by Crippen LogP contribution is -2.53. The van der Waals surface area contributed by atoms with Gasteiger partial charge in [0.2, 0.25) is 0 Å². The van der Waals surface area contributed by atoms with Crippen LogP contribution in [0.4, 0.5) is 0 Å². The minimum absolute atomic E-state index is 0. The van der Waals surface area contributed by atoms with E-state index in [4.69, 9.17) is 0 Å². The largest absolute Gasteiger partial charge is 0.314 e. The molecule has 2 atom stereocenters. The Labute approximate surface area is 249 Å². The van der Waals surface area contributed by atoms with Crippen LogP contribution >= 0.6 is 24.8 Å². The summed E-state index contributed by atoms with van der Waals surface area (Å²) in [5, 5.41) is 15.1. The lowest BCUT2D eigenvalue weighted by molar-refractivity contribution is 0.0531. The molecule has 0 amide bonds. The van der Waals surface area contributed by atoms with E-state index < -0.39 is 0 Å². The molecule has 0 spiro atoms. The second-order valence-electron chi connectivity index (χ2n) is 9.92. The maximum atomic E-state index is 4.32. The first-order chi connectivity index (χ1) is 18.8. The second-order valence-corrected chi connectivity index (χ2v) is 9.92. The van der Waals surface area contributed by atoms with Crippen molar-refractivity contribution in [3.63, 3.8) is 0 Å². The van der Waals surface area contributed by atoms with E-state index in [0.717, 1.165) is 65.4 Å². The predicted molar refractivity (Wildman–Crippen MR) is 162 cm³/mol. The van der Waals surface area contributed by atoms with Gasteiger partial charge in [-0.2, -0.15) is 10.2 Å². The first-order valence-corrected chi connectivity index (χ1v) is 13.4. The minimum atomic E-state index is 0. The molecule has 12 heteroatoms. The van der Waals surface area contributed by atoms with E-state index in [1.165, 1.54) is 11.1 Å². The van der Waals surface area contributed by atoms with Gasteiger partial charge in [-0.05, 0) is 11.1 Å². The Bertz CT molecular complexity index is 1160. The smallest absolute Gasteiger partial charge is 0.137 e.